The van der Waals surface area contributed by atoms with Crippen molar-refractivity contribution in [3.05, 3.63) is 59.7 Å². The summed E-state index contributed by atoms with van der Waals surface area (Å²) in [4.78, 5) is 39.3. The summed E-state index contributed by atoms with van der Waals surface area (Å²) in [5, 5.41) is 25.5. The quantitative estimate of drug-likeness (QED) is 0.147. The fraction of sp³-hybridized carbons (Fsp3) is 0.448. The van der Waals surface area contributed by atoms with Gasteiger partial charge in [0.2, 0.25) is 11.8 Å². The highest BCUT2D eigenvalue weighted by molar-refractivity contribution is 5.96. The van der Waals surface area contributed by atoms with E-state index in [-0.39, 0.29) is 37.3 Å². The van der Waals surface area contributed by atoms with Crippen molar-refractivity contribution >= 4 is 29.4 Å². The summed E-state index contributed by atoms with van der Waals surface area (Å²) < 4.78 is 11.1. The van der Waals surface area contributed by atoms with Gasteiger partial charge in [-0.15, -0.1) is 0 Å². The molecule has 0 aromatic heterocycles. The van der Waals surface area contributed by atoms with E-state index in [0.29, 0.717) is 49.5 Å². The molecule has 2 atom stereocenters. The third-order valence-corrected chi connectivity index (χ3v) is 6.91. The molecule has 0 aliphatic carbocycles. The number of guanidine groups is 1. The zero-order valence-electron chi connectivity index (χ0n) is 23.5. The summed E-state index contributed by atoms with van der Waals surface area (Å²) >= 11 is 0. The Morgan fingerprint density at radius 2 is 1.80 bits per heavy atom. The summed E-state index contributed by atoms with van der Waals surface area (Å²) in [6.45, 7) is 3.26. The second-order valence-electron chi connectivity index (χ2n) is 9.83. The molecule has 1 aliphatic heterocycles. The molecule has 0 radical (unpaired) electrons. The monoisotopic (exact) mass is 568 g/mol. The molecule has 1 heterocycles. The van der Waals surface area contributed by atoms with E-state index in [4.69, 9.17) is 20.6 Å². The van der Waals surface area contributed by atoms with E-state index >= 15 is 0 Å². The minimum Gasteiger partial charge on any atom is -0.494 e. The molecule has 12 heteroatoms. The maximum Gasteiger partial charge on any atom is 0.317 e. The Labute approximate surface area is 240 Å². The number of amides is 2. The van der Waals surface area contributed by atoms with Gasteiger partial charge >= 0.3 is 5.97 Å². The summed E-state index contributed by atoms with van der Waals surface area (Å²) in [5.74, 6) is -0.930. The predicted molar refractivity (Wildman–Crippen MR) is 155 cm³/mol. The van der Waals surface area contributed by atoms with Crippen LogP contribution in [0, 0.1) is 5.41 Å². The number of nitrogens with two attached hydrogens (primary N) is 1. The minimum absolute atomic E-state index is 0.0192. The van der Waals surface area contributed by atoms with Gasteiger partial charge in [-0.1, -0.05) is 30.3 Å². The zero-order valence-corrected chi connectivity index (χ0v) is 23.5. The van der Waals surface area contributed by atoms with Crippen molar-refractivity contribution in [2.45, 2.75) is 50.8 Å². The summed E-state index contributed by atoms with van der Waals surface area (Å²) in [5.41, 5.74) is 7.49. The number of ether oxygens (including phenoxy) is 2. The van der Waals surface area contributed by atoms with Crippen LogP contribution in [0.25, 0.3) is 0 Å². The second kappa shape index (κ2) is 15.6. The number of nitrogens with one attached hydrogen (secondary N) is 4. The molecule has 0 spiro atoms. The number of nitrogens with zero attached hydrogens (tertiary/aromatic N) is 1. The summed E-state index contributed by atoms with van der Waals surface area (Å²) in [7, 11) is 1.50. The van der Waals surface area contributed by atoms with Crippen LogP contribution in [0.2, 0.25) is 0 Å². The zero-order chi connectivity index (χ0) is 29.8. The topological polar surface area (TPSA) is 179 Å². The first-order chi connectivity index (χ1) is 19.7. The molecule has 3 rings (SSSR count). The Morgan fingerprint density at radius 1 is 1.12 bits per heavy atom. The van der Waals surface area contributed by atoms with Crippen LogP contribution in [-0.2, 0) is 25.5 Å². The van der Waals surface area contributed by atoms with Crippen LogP contribution in [0.1, 0.15) is 43.4 Å². The maximum absolute atomic E-state index is 13.4. The Balaban J connectivity index is 1.67. The number of hydrogen-bond acceptors (Lipinski definition) is 7. The molecule has 2 aromatic carbocycles. The highest BCUT2D eigenvalue weighted by Gasteiger charge is 2.26. The number of carbonyl (C=O) groups is 3. The van der Waals surface area contributed by atoms with Gasteiger partial charge in [0.05, 0.1) is 31.7 Å². The molecule has 2 aromatic rings. The van der Waals surface area contributed by atoms with Gasteiger partial charge in [0.25, 0.3) is 0 Å². The number of carboxylic acid groups (broad SMARTS) is 1. The number of piperidine rings is 1. The smallest absolute Gasteiger partial charge is 0.317 e. The molecule has 0 saturated carbocycles. The first kappa shape index (κ1) is 31.4. The highest BCUT2D eigenvalue weighted by Crippen LogP contribution is 2.28. The summed E-state index contributed by atoms with van der Waals surface area (Å²) in [6, 6.07) is 13.5. The average Bonchev–Trinajstić information content (AvgIpc) is 2.95. The molecule has 2 amide bonds. The van der Waals surface area contributed by atoms with Crippen molar-refractivity contribution in [1.82, 2.24) is 15.5 Å². The molecule has 7 N–H and O–H groups in total. The van der Waals surface area contributed by atoms with Gasteiger partial charge in [0, 0.05) is 37.5 Å². The fourth-order valence-corrected chi connectivity index (χ4v) is 4.74. The SMILES string of the molecule is CCOc1ccc(C[C@@H](NCC(=O)O)C(=O)Nc2ccccc2[C@@H](CC(=O)NC2CCN(C(=N)N)CC2)OC)cc1. The van der Waals surface area contributed by atoms with Crippen molar-refractivity contribution in [3.8, 4) is 5.75 Å². The van der Waals surface area contributed by atoms with Crippen LogP contribution in [0.4, 0.5) is 5.69 Å². The number of likely N-dealkylation sites (tertiary alicyclic amines) is 1. The Kier molecular flexibility index (Phi) is 11.9. The van der Waals surface area contributed by atoms with E-state index in [0.717, 1.165) is 5.56 Å². The Morgan fingerprint density at radius 3 is 2.41 bits per heavy atom. The maximum atomic E-state index is 13.4. The van der Waals surface area contributed by atoms with Crippen molar-refractivity contribution in [1.29, 1.82) is 5.41 Å². The van der Waals surface area contributed by atoms with Crippen LogP contribution < -0.4 is 26.4 Å². The Bertz CT molecular complexity index is 1180. The first-order valence-electron chi connectivity index (χ1n) is 13.7. The van der Waals surface area contributed by atoms with E-state index in [1.54, 1.807) is 41.3 Å². The molecular weight excluding hydrogens is 528 g/mol. The standard InChI is InChI=1S/C29H40N6O6/c1-3-41-21-10-8-19(9-11-21)16-24(32-18-27(37)38)28(39)34-23-7-5-4-6-22(23)25(40-2)17-26(36)33-20-12-14-35(15-13-20)29(30)31/h4-11,20,24-25,32H,3,12-18H2,1-2H3,(H3,30,31)(H,33,36)(H,34,39)(H,37,38)/t24-,25-/m1/s1. The first-order valence-corrected chi connectivity index (χ1v) is 13.7. The molecule has 41 heavy (non-hydrogen) atoms. The fourth-order valence-electron chi connectivity index (χ4n) is 4.74. The number of carbonyl (C=O) groups excluding carboxylic acids is 2. The largest absolute Gasteiger partial charge is 0.494 e. The van der Waals surface area contributed by atoms with Crippen molar-refractivity contribution in [3.63, 3.8) is 0 Å². The number of carboxylic acids is 1. The molecule has 1 saturated heterocycles. The molecular formula is C29H40N6O6. The van der Waals surface area contributed by atoms with Crippen molar-refractivity contribution in [2.24, 2.45) is 5.73 Å². The van der Waals surface area contributed by atoms with E-state index in [1.165, 1.54) is 7.11 Å². The van der Waals surface area contributed by atoms with Crippen LogP contribution in [0.15, 0.2) is 48.5 Å². The third-order valence-electron chi connectivity index (χ3n) is 6.91. The van der Waals surface area contributed by atoms with Gasteiger partial charge in [0.15, 0.2) is 5.96 Å². The Hall–Kier alpha value is -4.16. The molecule has 1 fully saturated rings. The molecule has 0 unspecified atom stereocenters. The van der Waals surface area contributed by atoms with Crippen molar-refractivity contribution in [2.75, 3.05) is 38.7 Å². The second-order valence-corrected chi connectivity index (χ2v) is 9.83. The molecule has 0 bridgehead atoms. The van der Waals surface area contributed by atoms with Crippen LogP contribution in [0.5, 0.6) is 5.75 Å². The third kappa shape index (κ3) is 9.76. The lowest BCUT2D eigenvalue weighted by atomic mass is 10.0. The number of methoxy groups -OCH3 is 1. The van der Waals surface area contributed by atoms with E-state index in [9.17, 15) is 19.5 Å². The molecule has 222 valence electrons. The lowest BCUT2D eigenvalue weighted by Crippen LogP contribution is -2.48. The number of hydrogen-bond donors (Lipinski definition) is 6. The average molecular weight is 569 g/mol. The van der Waals surface area contributed by atoms with Gasteiger partial charge < -0.3 is 35.8 Å². The van der Waals surface area contributed by atoms with Crippen LogP contribution in [0.3, 0.4) is 0 Å². The molecule has 1 aliphatic rings. The summed E-state index contributed by atoms with van der Waals surface area (Å²) in [6.07, 6.45) is 1.05. The van der Waals surface area contributed by atoms with Crippen molar-refractivity contribution < 1.29 is 29.0 Å². The van der Waals surface area contributed by atoms with Gasteiger partial charge in [0.1, 0.15) is 5.75 Å². The minimum atomic E-state index is -1.08. The number of anilines is 1. The van der Waals surface area contributed by atoms with Gasteiger partial charge in [-0.25, -0.2) is 0 Å². The van der Waals surface area contributed by atoms with E-state index < -0.39 is 24.0 Å². The normalized spacial score (nSPS) is 15.0. The lowest BCUT2D eigenvalue weighted by Gasteiger charge is -2.32. The number of rotatable bonds is 14. The van der Waals surface area contributed by atoms with E-state index in [2.05, 4.69) is 16.0 Å². The number of benzene rings is 2. The van der Waals surface area contributed by atoms with Crippen LogP contribution >= 0.6 is 0 Å². The number of para-hydroxylation sites is 1. The number of aliphatic carboxylic acids is 1. The van der Waals surface area contributed by atoms with Gasteiger partial charge in [-0.2, -0.15) is 0 Å². The lowest BCUT2D eigenvalue weighted by molar-refractivity contribution is -0.136. The molecule has 12 nitrogen and oxygen atoms in total. The van der Waals surface area contributed by atoms with Gasteiger partial charge in [-0.3, -0.25) is 25.1 Å². The van der Waals surface area contributed by atoms with Gasteiger partial charge in [-0.05, 0) is 49.9 Å². The predicted octanol–water partition coefficient (Wildman–Crippen LogP) is 1.86. The highest BCUT2D eigenvalue weighted by atomic mass is 16.5. The van der Waals surface area contributed by atoms with E-state index in [1.807, 2.05) is 19.1 Å². The van der Waals surface area contributed by atoms with Crippen LogP contribution in [-0.4, -0.2) is 79.2 Å².